The van der Waals surface area contributed by atoms with Gasteiger partial charge in [0.25, 0.3) is 0 Å². The van der Waals surface area contributed by atoms with Crippen molar-refractivity contribution in [1.82, 2.24) is 15.5 Å². The lowest BCUT2D eigenvalue weighted by Crippen LogP contribution is -2.56. The number of benzene rings is 1. The van der Waals surface area contributed by atoms with Crippen LogP contribution < -0.4 is 16.0 Å². The fourth-order valence-corrected chi connectivity index (χ4v) is 5.57. The number of imide groups is 1. The normalized spacial score (nSPS) is 17.5. The van der Waals surface area contributed by atoms with Crippen LogP contribution in [0.3, 0.4) is 0 Å². The van der Waals surface area contributed by atoms with Gasteiger partial charge in [-0.25, -0.2) is 0 Å². The Morgan fingerprint density at radius 2 is 1.67 bits per heavy atom. The van der Waals surface area contributed by atoms with Gasteiger partial charge in [0, 0.05) is 25.2 Å². The lowest BCUT2D eigenvalue weighted by Gasteiger charge is -2.38. The van der Waals surface area contributed by atoms with Crippen molar-refractivity contribution >= 4 is 48.9 Å². The molecule has 1 saturated heterocycles. The number of nitrogens with zero attached hydrogens (tertiary/aromatic N) is 1. The van der Waals surface area contributed by atoms with E-state index in [1.165, 1.54) is 4.90 Å². The van der Waals surface area contributed by atoms with Gasteiger partial charge in [0.1, 0.15) is 12.0 Å². The zero-order valence-corrected chi connectivity index (χ0v) is 24.5. The third kappa shape index (κ3) is 8.42. The molecule has 0 aromatic heterocycles. The number of hydrogen-bond donors (Lipinski definition) is 3. The van der Waals surface area contributed by atoms with E-state index >= 15 is 0 Å². The summed E-state index contributed by atoms with van der Waals surface area (Å²) < 4.78 is 4.71. The van der Waals surface area contributed by atoms with Gasteiger partial charge < -0.3 is 20.7 Å². The molecule has 42 heavy (non-hydrogen) atoms. The van der Waals surface area contributed by atoms with Crippen LogP contribution in [0.5, 0.6) is 0 Å². The summed E-state index contributed by atoms with van der Waals surface area (Å²) in [5, 5.41) is 8.11. The quantitative estimate of drug-likeness (QED) is 0.118. The number of carbonyl (C=O) groups excluding carboxylic acids is 6. The molecule has 1 aromatic carbocycles. The van der Waals surface area contributed by atoms with E-state index in [1.54, 1.807) is 24.3 Å². The molecular formula is C30H41BN4O7. The molecule has 1 aliphatic carbocycles. The standard InChI is InChI=1S/C30H41BN4O7/c1-3-21(4-2)23-17-25(37)35(26(23)38)16-7-5-6-15-32-27(39)30(13-8-14-30)28(40)33-18-24(36)34-22-11-9-20(10-12-22)19-42-29(31)41/h9-12,21,23H,3-8,13-19H2,1-2H3,(H,32,39)(H,33,40)(H,34,36). The first-order chi connectivity index (χ1) is 20.1. The van der Waals surface area contributed by atoms with Gasteiger partial charge in [-0.1, -0.05) is 45.2 Å². The average Bonchev–Trinajstić information content (AvgIpc) is 3.21. The van der Waals surface area contributed by atoms with Crippen molar-refractivity contribution in [3.05, 3.63) is 29.8 Å². The second-order valence-electron chi connectivity index (χ2n) is 11.1. The Kier molecular flexibility index (Phi) is 12.1. The zero-order chi connectivity index (χ0) is 30.7. The summed E-state index contributed by atoms with van der Waals surface area (Å²) in [4.78, 5) is 75.3. The molecule has 1 unspecified atom stereocenters. The van der Waals surface area contributed by atoms with E-state index in [-0.39, 0.29) is 42.7 Å². The Labute approximate surface area is 248 Å². The number of rotatable bonds is 16. The van der Waals surface area contributed by atoms with Gasteiger partial charge in [0.2, 0.25) is 43.3 Å². The van der Waals surface area contributed by atoms with Gasteiger partial charge >= 0.3 is 0 Å². The summed E-state index contributed by atoms with van der Waals surface area (Å²) in [6.07, 6.45) is 5.69. The Bertz CT molecular complexity index is 1150. The van der Waals surface area contributed by atoms with Crippen molar-refractivity contribution in [3.63, 3.8) is 0 Å². The van der Waals surface area contributed by atoms with Crippen molar-refractivity contribution in [3.8, 4) is 0 Å². The summed E-state index contributed by atoms with van der Waals surface area (Å²) >= 11 is 0. The number of anilines is 1. The molecule has 226 valence electrons. The molecule has 2 fully saturated rings. The second-order valence-corrected chi connectivity index (χ2v) is 11.1. The summed E-state index contributed by atoms with van der Waals surface area (Å²) in [6.45, 7) is 4.60. The molecule has 0 bridgehead atoms. The highest BCUT2D eigenvalue weighted by molar-refractivity contribution is 6.55. The fourth-order valence-electron chi connectivity index (χ4n) is 5.57. The third-order valence-electron chi connectivity index (χ3n) is 8.35. The minimum absolute atomic E-state index is 0.0172. The maximum atomic E-state index is 12.9. The molecule has 12 heteroatoms. The number of likely N-dealkylation sites (tertiary alicyclic amines) is 1. The van der Waals surface area contributed by atoms with Gasteiger partial charge in [-0.2, -0.15) is 0 Å². The molecule has 5 amide bonds. The molecule has 1 aliphatic heterocycles. The topological polar surface area (TPSA) is 151 Å². The first-order valence-corrected chi connectivity index (χ1v) is 14.8. The van der Waals surface area contributed by atoms with E-state index in [0.717, 1.165) is 25.7 Å². The lowest BCUT2D eigenvalue weighted by molar-refractivity contribution is -0.150. The Hall–Kier alpha value is -3.70. The predicted molar refractivity (Wildman–Crippen MR) is 156 cm³/mol. The molecule has 11 nitrogen and oxygen atoms in total. The van der Waals surface area contributed by atoms with Crippen LogP contribution in [0.4, 0.5) is 10.5 Å². The van der Waals surface area contributed by atoms with Crippen molar-refractivity contribution in [2.24, 2.45) is 17.3 Å². The van der Waals surface area contributed by atoms with Crippen LogP contribution >= 0.6 is 0 Å². The molecule has 3 N–H and O–H groups in total. The molecule has 1 atom stereocenters. The molecule has 1 aromatic rings. The Morgan fingerprint density at radius 3 is 2.26 bits per heavy atom. The Balaban J connectivity index is 1.35. The van der Waals surface area contributed by atoms with E-state index in [2.05, 4.69) is 16.0 Å². The van der Waals surface area contributed by atoms with Crippen LogP contribution in [0.25, 0.3) is 0 Å². The van der Waals surface area contributed by atoms with Crippen LogP contribution in [0.15, 0.2) is 24.3 Å². The smallest absolute Gasteiger partial charge is 0.243 e. The van der Waals surface area contributed by atoms with E-state index in [1.807, 2.05) is 13.8 Å². The highest BCUT2D eigenvalue weighted by Gasteiger charge is 2.50. The largest absolute Gasteiger partial charge is 0.470 e. The van der Waals surface area contributed by atoms with Gasteiger partial charge in [-0.15, -0.1) is 0 Å². The van der Waals surface area contributed by atoms with E-state index in [4.69, 9.17) is 12.6 Å². The average molecular weight is 580 g/mol. The molecule has 1 saturated carbocycles. The number of hydrogen-bond acceptors (Lipinski definition) is 7. The molecule has 1 heterocycles. The number of unbranched alkanes of at least 4 members (excludes halogenated alkanes) is 2. The van der Waals surface area contributed by atoms with Crippen LogP contribution in [-0.4, -0.2) is 67.8 Å². The predicted octanol–water partition coefficient (Wildman–Crippen LogP) is 2.81. The van der Waals surface area contributed by atoms with E-state index < -0.39 is 23.1 Å². The highest BCUT2D eigenvalue weighted by atomic mass is 16.5. The monoisotopic (exact) mass is 580 g/mol. The van der Waals surface area contributed by atoms with Crippen LogP contribution in [-0.2, 0) is 35.3 Å². The molecule has 0 spiro atoms. The van der Waals surface area contributed by atoms with Crippen molar-refractivity contribution < 1.29 is 33.5 Å². The number of amides is 5. The van der Waals surface area contributed by atoms with E-state index in [0.29, 0.717) is 56.4 Å². The maximum absolute atomic E-state index is 12.9. The van der Waals surface area contributed by atoms with Crippen molar-refractivity contribution in [2.75, 3.05) is 25.0 Å². The van der Waals surface area contributed by atoms with Crippen molar-refractivity contribution in [1.29, 1.82) is 0 Å². The summed E-state index contributed by atoms with van der Waals surface area (Å²) in [5.74, 6) is -2.26. The third-order valence-corrected chi connectivity index (χ3v) is 8.35. The molecule has 2 aliphatic rings. The second kappa shape index (κ2) is 15.5. The minimum Gasteiger partial charge on any atom is -0.470 e. The van der Waals surface area contributed by atoms with Crippen LogP contribution in [0, 0.1) is 17.3 Å². The molecule has 2 radical (unpaired) electrons. The minimum atomic E-state index is -1.18. The number of ether oxygens (including phenoxy) is 1. The summed E-state index contributed by atoms with van der Waals surface area (Å²) in [5.41, 5.74) is 0.0129. The first-order valence-electron chi connectivity index (χ1n) is 14.8. The van der Waals surface area contributed by atoms with Gasteiger partial charge in [0.15, 0.2) is 0 Å². The first kappa shape index (κ1) is 32.8. The number of nitrogens with one attached hydrogen (secondary N) is 3. The SMILES string of the molecule is [B]C(=O)OCc1ccc(NC(=O)CNC(=O)C2(C(=O)NCCCCCN3C(=O)CC(C(CC)CC)C3=O)CCC2)cc1. The molecular weight excluding hydrogens is 539 g/mol. The van der Waals surface area contributed by atoms with Crippen LogP contribution in [0.2, 0.25) is 0 Å². The summed E-state index contributed by atoms with van der Waals surface area (Å²) in [6, 6.07) is 6.60. The van der Waals surface area contributed by atoms with Gasteiger partial charge in [0.05, 0.1) is 12.5 Å². The highest BCUT2D eigenvalue weighted by Crippen LogP contribution is 2.41. The Morgan fingerprint density at radius 1 is 1.00 bits per heavy atom. The van der Waals surface area contributed by atoms with Crippen LogP contribution in [0.1, 0.15) is 77.2 Å². The fraction of sp³-hybridized carbons (Fsp3) is 0.600. The zero-order valence-electron chi connectivity index (χ0n) is 24.5. The lowest BCUT2D eigenvalue weighted by atomic mass is 9.67. The van der Waals surface area contributed by atoms with Crippen molar-refractivity contribution in [2.45, 2.75) is 78.2 Å². The van der Waals surface area contributed by atoms with E-state index in [9.17, 15) is 28.8 Å². The van der Waals surface area contributed by atoms with Gasteiger partial charge in [-0.05, 0) is 55.7 Å². The maximum Gasteiger partial charge on any atom is 0.243 e. The molecule has 3 rings (SSSR count). The van der Waals surface area contributed by atoms with Gasteiger partial charge in [-0.3, -0.25) is 33.7 Å². The summed E-state index contributed by atoms with van der Waals surface area (Å²) in [7, 11) is 4.95. The number of carbonyl (C=O) groups is 6.